The molecule has 0 saturated heterocycles. The Morgan fingerprint density at radius 1 is 0.966 bits per heavy atom. The summed E-state index contributed by atoms with van der Waals surface area (Å²) in [5, 5.41) is 0. The van der Waals surface area contributed by atoms with E-state index in [9.17, 15) is 14.0 Å². The molecule has 0 fully saturated rings. The van der Waals surface area contributed by atoms with Crippen molar-refractivity contribution in [3.63, 3.8) is 0 Å². The van der Waals surface area contributed by atoms with Gasteiger partial charge in [0, 0.05) is 25.8 Å². The van der Waals surface area contributed by atoms with Gasteiger partial charge in [0.2, 0.25) is 5.43 Å². The Balaban J connectivity index is 1.64. The SMILES string of the molecule is O=C1c2c(OCc3ccccc3)c(=O)c(I)cn2CCN1Cc1ccc(F)cc1. The summed E-state index contributed by atoms with van der Waals surface area (Å²) < 4.78 is 21.3. The molecule has 0 spiro atoms. The maximum absolute atomic E-state index is 13.2. The molecular formula is C22H18FIN2O3. The van der Waals surface area contributed by atoms with Crippen LogP contribution in [0.1, 0.15) is 21.6 Å². The number of rotatable bonds is 5. The lowest BCUT2D eigenvalue weighted by Crippen LogP contribution is -2.42. The number of nitrogens with zero attached hydrogens (tertiary/aromatic N) is 2. The molecule has 0 N–H and O–H groups in total. The van der Waals surface area contributed by atoms with Crippen molar-refractivity contribution in [2.24, 2.45) is 0 Å². The van der Waals surface area contributed by atoms with E-state index in [0.29, 0.717) is 23.2 Å². The van der Waals surface area contributed by atoms with E-state index in [1.165, 1.54) is 12.1 Å². The predicted molar refractivity (Wildman–Crippen MR) is 115 cm³/mol. The highest BCUT2D eigenvalue weighted by Gasteiger charge is 2.30. The van der Waals surface area contributed by atoms with Crippen LogP contribution in [0.3, 0.4) is 0 Å². The fourth-order valence-electron chi connectivity index (χ4n) is 3.31. The Hall–Kier alpha value is -2.68. The largest absolute Gasteiger partial charge is 0.483 e. The third-order valence-corrected chi connectivity index (χ3v) is 5.58. The zero-order valence-electron chi connectivity index (χ0n) is 15.5. The Morgan fingerprint density at radius 3 is 2.41 bits per heavy atom. The van der Waals surface area contributed by atoms with Crippen molar-refractivity contribution in [2.45, 2.75) is 19.7 Å². The van der Waals surface area contributed by atoms with Gasteiger partial charge in [-0.25, -0.2) is 4.39 Å². The lowest BCUT2D eigenvalue weighted by molar-refractivity contribution is 0.0680. The van der Waals surface area contributed by atoms with Gasteiger partial charge in [0.1, 0.15) is 12.4 Å². The molecule has 0 saturated carbocycles. The summed E-state index contributed by atoms with van der Waals surface area (Å²) in [5.41, 5.74) is 1.72. The molecule has 1 amide bonds. The number of fused-ring (bicyclic) bond motifs is 1. The maximum Gasteiger partial charge on any atom is 0.274 e. The average Bonchev–Trinajstić information content (AvgIpc) is 2.73. The van der Waals surface area contributed by atoms with E-state index in [4.69, 9.17) is 4.74 Å². The van der Waals surface area contributed by atoms with E-state index >= 15 is 0 Å². The lowest BCUT2D eigenvalue weighted by atomic mass is 10.1. The van der Waals surface area contributed by atoms with Gasteiger partial charge in [-0.15, -0.1) is 0 Å². The second-order valence-electron chi connectivity index (χ2n) is 6.80. The van der Waals surface area contributed by atoms with Crippen molar-refractivity contribution in [3.8, 4) is 5.75 Å². The number of benzene rings is 2. The highest BCUT2D eigenvalue weighted by atomic mass is 127. The minimum atomic E-state index is -0.318. The fraction of sp³-hybridized carbons (Fsp3) is 0.182. The van der Waals surface area contributed by atoms with Crippen molar-refractivity contribution < 1.29 is 13.9 Å². The van der Waals surface area contributed by atoms with Gasteiger partial charge in [-0.3, -0.25) is 9.59 Å². The summed E-state index contributed by atoms with van der Waals surface area (Å²) in [4.78, 5) is 27.6. The number of pyridine rings is 1. The van der Waals surface area contributed by atoms with Crippen LogP contribution in [-0.2, 0) is 19.7 Å². The van der Waals surface area contributed by atoms with E-state index in [-0.39, 0.29) is 35.2 Å². The summed E-state index contributed by atoms with van der Waals surface area (Å²) in [5.74, 6) is -0.506. The molecule has 5 nitrogen and oxygen atoms in total. The Labute approximate surface area is 180 Å². The molecule has 1 aromatic heterocycles. The third-order valence-electron chi connectivity index (χ3n) is 4.81. The first kappa shape index (κ1) is 19.6. The standard InChI is InChI=1S/C22H18FIN2O3/c23-17-8-6-15(7-9-17)12-26-11-10-25-13-18(24)20(27)21(19(25)22(26)28)29-14-16-4-2-1-3-5-16/h1-9,13H,10-12,14H2. The summed E-state index contributed by atoms with van der Waals surface area (Å²) >= 11 is 1.97. The highest BCUT2D eigenvalue weighted by Crippen LogP contribution is 2.24. The Kier molecular flexibility index (Phi) is 5.66. The van der Waals surface area contributed by atoms with E-state index in [1.54, 1.807) is 27.8 Å². The second kappa shape index (κ2) is 8.36. The van der Waals surface area contributed by atoms with Gasteiger partial charge in [0.05, 0.1) is 3.57 Å². The molecule has 148 valence electrons. The van der Waals surface area contributed by atoms with E-state index in [2.05, 4.69) is 0 Å². The van der Waals surface area contributed by atoms with Crippen LogP contribution in [-0.4, -0.2) is 21.9 Å². The molecule has 29 heavy (non-hydrogen) atoms. The van der Waals surface area contributed by atoms with E-state index in [0.717, 1.165) is 11.1 Å². The molecule has 4 rings (SSSR count). The number of carbonyl (C=O) groups is 1. The number of aromatic nitrogens is 1. The van der Waals surface area contributed by atoms with Gasteiger partial charge >= 0.3 is 0 Å². The van der Waals surface area contributed by atoms with Crippen LogP contribution in [0.15, 0.2) is 65.6 Å². The zero-order chi connectivity index (χ0) is 20.4. The maximum atomic E-state index is 13.2. The quantitative estimate of drug-likeness (QED) is 0.497. The summed E-state index contributed by atoms with van der Waals surface area (Å²) in [6.45, 7) is 1.60. The molecule has 0 atom stereocenters. The van der Waals surface area contributed by atoms with Crippen molar-refractivity contribution in [3.05, 3.63) is 97.2 Å². The number of ether oxygens (including phenoxy) is 1. The minimum absolute atomic E-state index is 0.0783. The van der Waals surface area contributed by atoms with E-state index < -0.39 is 0 Å². The second-order valence-corrected chi connectivity index (χ2v) is 7.97. The van der Waals surface area contributed by atoms with E-state index in [1.807, 2.05) is 52.9 Å². The Morgan fingerprint density at radius 2 is 1.69 bits per heavy atom. The normalized spacial score (nSPS) is 13.3. The van der Waals surface area contributed by atoms with Crippen LogP contribution < -0.4 is 10.2 Å². The summed E-state index contributed by atoms with van der Waals surface area (Å²) in [6, 6.07) is 15.6. The number of amides is 1. The number of hydrogen-bond acceptors (Lipinski definition) is 3. The van der Waals surface area contributed by atoms with Crippen molar-refractivity contribution in [2.75, 3.05) is 6.54 Å². The number of carbonyl (C=O) groups excluding carboxylic acids is 1. The molecule has 2 aromatic carbocycles. The Bertz CT molecular complexity index is 1100. The molecule has 7 heteroatoms. The summed E-state index contributed by atoms with van der Waals surface area (Å²) in [6.07, 6.45) is 1.70. The molecule has 0 aliphatic carbocycles. The lowest BCUT2D eigenvalue weighted by Gasteiger charge is -2.31. The molecule has 3 aromatic rings. The van der Waals surface area contributed by atoms with Crippen LogP contribution in [0, 0.1) is 9.39 Å². The highest BCUT2D eigenvalue weighted by molar-refractivity contribution is 14.1. The average molecular weight is 504 g/mol. The van der Waals surface area contributed by atoms with Crippen molar-refractivity contribution in [1.82, 2.24) is 9.47 Å². The van der Waals surface area contributed by atoms with Gasteiger partial charge < -0.3 is 14.2 Å². The van der Waals surface area contributed by atoms with Crippen LogP contribution in [0.4, 0.5) is 4.39 Å². The van der Waals surface area contributed by atoms with Crippen LogP contribution in [0.5, 0.6) is 5.75 Å². The minimum Gasteiger partial charge on any atom is -0.483 e. The first-order chi connectivity index (χ1) is 14.0. The van der Waals surface area contributed by atoms with Gasteiger partial charge in [0.15, 0.2) is 11.4 Å². The zero-order valence-corrected chi connectivity index (χ0v) is 17.6. The summed E-state index contributed by atoms with van der Waals surface area (Å²) in [7, 11) is 0. The molecule has 0 bridgehead atoms. The predicted octanol–water partition coefficient (Wildman–Crippen LogP) is 3.83. The van der Waals surface area contributed by atoms with Gasteiger partial charge in [-0.1, -0.05) is 42.5 Å². The van der Waals surface area contributed by atoms with Crippen molar-refractivity contribution in [1.29, 1.82) is 0 Å². The fourth-order valence-corrected chi connectivity index (χ4v) is 3.89. The first-order valence-electron chi connectivity index (χ1n) is 9.16. The first-order valence-corrected chi connectivity index (χ1v) is 10.2. The molecule has 0 unspecified atom stereocenters. The molecule has 2 heterocycles. The smallest absolute Gasteiger partial charge is 0.274 e. The van der Waals surface area contributed by atoms with Gasteiger partial charge in [0.25, 0.3) is 5.91 Å². The number of hydrogen-bond donors (Lipinski definition) is 0. The van der Waals surface area contributed by atoms with Crippen LogP contribution >= 0.6 is 22.6 Å². The molecule has 1 aliphatic rings. The monoisotopic (exact) mass is 504 g/mol. The molecule has 0 radical (unpaired) electrons. The number of halogens is 2. The third kappa shape index (κ3) is 4.19. The topological polar surface area (TPSA) is 51.5 Å². The van der Waals surface area contributed by atoms with Crippen LogP contribution in [0.25, 0.3) is 0 Å². The van der Waals surface area contributed by atoms with Gasteiger partial charge in [-0.05, 0) is 45.9 Å². The van der Waals surface area contributed by atoms with Gasteiger partial charge in [-0.2, -0.15) is 0 Å². The molecule has 1 aliphatic heterocycles. The van der Waals surface area contributed by atoms with Crippen LogP contribution in [0.2, 0.25) is 0 Å². The van der Waals surface area contributed by atoms with Crippen molar-refractivity contribution >= 4 is 28.5 Å². The molecular weight excluding hydrogens is 486 g/mol.